The molecule has 1 aliphatic rings. The molecule has 35 heavy (non-hydrogen) atoms. The van der Waals surface area contributed by atoms with Crippen LogP contribution in [0.5, 0.6) is 0 Å². The highest BCUT2D eigenvalue weighted by atomic mass is 79.9. The molecule has 0 fully saturated rings. The maximum absolute atomic E-state index is 2.56. The van der Waals surface area contributed by atoms with Crippen LogP contribution in [0.15, 0.2) is 58.3 Å². The second-order valence-electron chi connectivity index (χ2n) is 10.9. The van der Waals surface area contributed by atoms with Crippen molar-refractivity contribution in [2.24, 2.45) is 0 Å². The highest BCUT2D eigenvalue weighted by Gasteiger charge is 2.30. The zero-order valence-corrected chi connectivity index (χ0v) is 25.2. The van der Waals surface area contributed by atoms with Crippen molar-refractivity contribution >= 4 is 23.1 Å². The first-order valence-electron chi connectivity index (χ1n) is 14.0. The SMILES string of the molecule is CCCCCCCCCCCCCC[N+](C)(C)C(C)CN1c2ccccc2Sc2ccccc21.[Br-]. The first-order valence-corrected chi connectivity index (χ1v) is 14.8. The van der Waals surface area contributed by atoms with Gasteiger partial charge in [-0.05, 0) is 44.0 Å². The van der Waals surface area contributed by atoms with Gasteiger partial charge in [-0.15, -0.1) is 0 Å². The van der Waals surface area contributed by atoms with E-state index in [9.17, 15) is 0 Å². The van der Waals surface area contributed by atoms with Crippen LogP contribution in [-0.2, 0) is 0 Å². The summed E-state index contributed by atoms with van der Waals surface area (Å²) < 4.78 is 1.09. The van der Waals surface area contributed by atoms with E-state index in [-0.39, 0.29) is 17.0 Å². The standard InChI is InChI=1S/C31H49N2S.BrH/c1-5-6-7-8-9-10-11-12-13-14-15-20-25-33(3,4)27(2)26-32-28-21-16-18-23-30(28)34-31-24-19-17-22-29(31)32;/h16-19,21-24,27H,5-15,20,25-26H2,1-4H3;1H/q+1;/p-1. The fourth-order valence-corrected chi connectivity index (χ4v) is 6.14. The van der Waals surface area contributed by atoms with Gasteiger partial charge in [0.15, 0.2) is 0 Å². The molecule has 0 saturated carbocycles. The van der Waals surface area contributed by atoms with Gasteiger partial charge in [0.25, 0.3) is 0 Å². The molecule has 1 atom stereocenters. The summed E-state index contributed by atoms with van der Waals surface area (Å²) in [5, 5.41) is 0. The number of likely N-dealkylation sites (N-methyl/N-ethyl adjacent to an activating group) is 1. The monoisotopic (exact) mass is 560 g/mol. The highest BCUT2D eigenvalue weighted by molar-refractivity contribution is 7.99. The van der Waals surface area contributed by atoms with Gasteiger partial charge >= 0.3 is 0 Å². The quantitative estimate of drug-likeness (QED) is 0.171. The Kier molecular flexibility index (Phi) is 13.8. The minimum atomic E-state index is 0. The van der Waals surface area contributed by atoms with Gasteiger partial charge in [-0.25, -0.2) is 0 Å². The van der Waals surface area contributed by atoms with E-state index in [0.717, 1.165) is 11.0 Å². The number of para-hydroxylation sites is 2. The minimum absolute atomic E-state index is 0. The molecule has 196 valence electrons. The van der Waals surface area contributed by atoms with Gasteiger partial charge in [0, 0.05) is 9.79 Å². The van der Waals surface area contributed by atoms with Crippen molar-refractivity contribution in [2.75, 3.05) is 32.1 Å². The van der Waals surface area contributed by atoms with E-state index >= 15 is 0 Å². The topological polar surface area (TPSA) is 3.24 Å². The zero-order chi connectivity index (χ0) is 24.2. The van der Waals surface area contributed by atoms with E-state index in [4.69, 9.17) is 0 Å². The molecule has 2 aromatic rings. The number of quaternary nitrogens is 1. The zero-order valence-electron chi connectivity index (χ0n) is 22.8. The predicted molar refractivity (Wildman–Crippen MR) is 152 cm³/mol. The molecule has 1 aliphatic heterocycles. The molecule has 0 bridgehead atoms. The van der Waals surface area contributed by atoms with Gasteiger partial charge in [0.1, 0.15) is 6.04 Å². The molecule has 2 nitrogen and oxygen atoms in total. The maximum Gasteiger partial charge on any atom is 0.104 e. The first kappa shape index (κ1) is 30.3. The smallest absolute Gasteiger partial charge is 0.104 e. The average molecular weight is 562 g/mol. The number of unbranched alkanes of at least 4 members (excludes halogenated alkanes) is 11. The fourth-order valence-electron chi connectivity index (χ4n) is 5.04. The molecular formula is C31H49BrN2S. The van der Waals surface area contributed by atoms with E-state index in [1.54, 1.807) is 0 Å². The van der Waals surface area contributed by atoms with Crippen molar-refractivity contribution in [1.29, 1.82) is 0 Å². The van der Waals surface area contributed by atoms with Gasteiger partial charge in [-0.3, -0.25) is 0 Å². The summed E-state index contributed by atoms with van der Waals surface area (Å²) >= 11 is 1.90. The number of benzene rings is 2. The van der Waals surface area contributed by atoms with Crippen LogP contribution < -0.4 is 21.9 Å². The molecule has 0 spiro atoms. The van der Waals surface area contributed by atoms with Crippen LogP contribution in [0.3, 0.4) is 0 Å². The van der Waals surface area contributed by atoms with E-state index in [2.05, 4.69) is 81.4 Å². The number of halogens is 1. The van der Waals surface area contributed by atoms with Crippen LogP contribution in [0.25, 0.3) is 0 Å². The Morgan fingerprint density at radius 1 is 0.686 bits per heavy atom. The molecule has 3 rings (SSSR count). The second-order valence-corrected chi connectivity index (χ2v) is 12.0. The highest BCUT2D eigenvalue weighted by Crippen LogP contribution is 2.48. The van der Waals surface area contributed by atoms with Crippen molar-refractivity contribution in [3.05, 3.63) is 48.5 Å². The Morgan fingerprint density at radius 3 is 1.60 bits per heavy atom. The van der Waals surface area contributed by atoms with Gasteiger partial charge < -0.3 is 26.4 Å². The van der Waals surface area contributed by atoms with E-state index in [1.807, 2.05) is 11.8 Å². The molecule has 0 saturated heterocycles. The van der Waals surface area contributed by atoms with Gasteiger partial charge in [0.05, 0.1) is 38.6 Å². The summed E-state index contributed by atoms with van der Waals surface area (Å²) in [5.41, 5.74) is 2.73. The van der Waals surface area contributed by atoms with E-state index in [0.29, 0.717) is 6.04 Å². The van der Waals surface area contributed by atoms with E-state index in [1.165, 1.54) is 105 Å². The molecule has 1 heterocycles. The number of nitrogens with zero attached hydrogens (tertiary/aromatic N) is 2. The Labute approximate surface area is 231 Å². The summed E-state index contributed by atoms with van der Waals surface area (Å²) in [6.45, 7) is 7.06. The summed E-state index contributed by atoms with van der Waals surface area (Å²) in [5.74, 6) is 0. The molecule has 2 aromatic carbocycles. The molecule has 0 amide bonds. The lowest BCUT2D eigenvalue weighted by atomic mass is 10.0. The maximum atomic E-state index is 2.56. The van der Waals surface area contributed by atoms with Gasteiger partial charge in [0.2, 0.25) is 0 Å². The number of anilines is 2. The van der Waals surface area contributed by atoms with Crippen LogP contribution >= 0.6 is 11.8 Å². The van der Waals surface area contributed by atoms with Crippen molar-refractivity contribution in [1.82, 2.24) is 0 Å². The van der Waals surface area contributed by atoms with E-state index < -0.39 is 0 Å². The molecule has 0 aromatic heterocycles. The Balaban J connectivity index is 0.00000432. The summed E-state index contributed by atoms with van der Waals surface area (Å²) in [4.78, 5) is 5.31. The number of hydrogen-bond donors (Lipinski definition) is 0. The van der Waals surface area contributed by atoms with Crippen molar-refractivity contribution in [3.63, 3.8) is 0 Å². The van der Waals surface area contributed by atoms with Gasteiger partial charge in [-0.2, -0.15) is 0 Å². The van der Waals surface area contributed by atoms with Crippen molar-refractivity contribution < 1.29 is 21.5 Å². The summed E-state index contributed by atoms with van der Waals surface area (Å²) in [6, 6.07) is 18.3. The van der Waals surface area contributed by atoms with Crippen molar-refractivity contribution in [2.45, 2.75) is 107 Å². The largest absolute Gasteiger partial charge is 1.00 e. The summed E-state index contributed by atoms with van der Waals surface area (Å²) in [6.07, 6.45) is 17.0. The molecular weight excluding hydrogens is 512 g/mol. The lowest BCUT2D eigenvalue weighted by molar-refractivity contribution is -0.911. The second kappa shape index (κ2) is 16.0. The number of rotatable bonds is 16. The average Bonchev–Trinajstić information content (AvgIpc) is 2.84. The summed E-state index contributed by atoms with van der Waals surface area (Å²) in [7, 11) is 4.86. The van der Waals surface area contributed by atoms with Crippen LogP contribution in [-0.4, -0.2) is 37.7 Å². The molecule has 0 radical (unpaired) electrons. The Bertz CT molecular complexity index is 808. The molecule has 0 aliphatic carbocycles. The Hall–Kier alpha value is -0.970. The van der Waals surface area contributed by atoms with Crippen LogP contribution in [0.1, 0.15) is 90.9 Å². The number of hydrogen-bond acceptors (Lipinski definition) is 2. The lowest BCUT2D eigenvalue weighted by Crippen LogP contribution is -3.00. The third kappa shape index (κ3) is 9.44. The molecule has 1 unspecified atom stereocenters. The Morgan fingerprint density at radius 2 is 1.11 bits per heavy atom. The third-order valence-corrected chi connectivity index (χ3v) is 8.89. The van der Waals surface area contributed by atoms with Crippen LogP contribution in [0.2, 0.25) is 0 Å². The van der Waals surface area contributed by atoms with Crippen molar-refractivity contribution in [3.8, 4) is 0 Å². The molecule has 0 N–H and O–H groups in total. The third-order valence-electron chi connectivity index (χ3n) is 7.76. The molecule has 4 heteroatoms. The minimum Gasteiger partial charge on any atom is -1.00 e. The van der Waals surface area contributed by atoms with Crippen LogP contribution in [0, 0.1) is 0 Å². The first-order chi connectivity index (χ1) is 16.5. The van der Waals surface area contributed by atoms with Gasteiger partial charge in [-0.1, -0.05) is 107 Å². The lowest BCUT2D eigenvalue weighted by Gasteiger charge is -2.41. The number of fused-ring (bicyclic) bond motifs is 2. The normalized spacial score (nSPS) is 13.7. The predicted octanol–water partition coefficient (Wildman–Crippen LogP) is 6.46. The fraction of sp³-hybridized carbons (Fsp3) is 0.613. The van der Waals surface area contributed by atoms with Crippen LogP contribution in [0.4, 0.5) is 11.4 Å².